The quantitative estimate of drug-likeness (QED) is 0.796. The van der Waals surface area contributed by atoms with Gasteiger partial charge in [-0.05, 0) is 61.0 Å². The Labute approximate surface area is 155 Å². The van der Waals surface area contributed by atoms with Crippen LogP contribution in [0, 0.1) is 40.4 Å². The molecule has 0 heterocycles. The lowest BCUT2D eigenvalue weighted by molar-refractivity contribution is -0.142. The van der Waals surface area contributed by atoms with Crippen LogP contribution >= 0.6 is 0 Å². The van der Waals surface area contributed by atoms with E-state index in [0.29, 0.717) is 18.3 Å². The first-order valence-electron chi connectivity index (χ1n) is 9.98. The summed E-state index contributed by atoms with van der Waals surface area (Å²) in [5.41, 5.74) is 0.647. The molecule has 0 amide bonds. The molecule has 8 atom stereocenters. The van der Waals surface area contributed by atoms with E-state index in [0.717, 1.165) is 24.8 Å². The van der Waals surface area contributed by atoms with Gasteiger partial charge in [-0.3, -0.25) is 9.59 Å². The van der Waals surface area contributed by atoms with E-state index in [1.807, 2.05) is 6.08 Å². The number of hydrogen-bond donors (Lipinski definition) is 2. The molecule has 2 N–H and O–H groups in total. The molecule has 0 aromatic rings. The summed E-state index contributed by atoms with van der Waals surface area (Å²) in [4.78, 5) is 24.3. The predicted molar refractivity (Wildman–Crippen MR) is 98.1 cm³/mol. The molecule has 0 saturated heterocycles. The lowest BCUT2D eigenvalue weighted by atomic mass is 9.46. The monoisotopic (exact) mass is 358 g/mol. The molecule has 0 aliphatic heterocycles. The van der Waals surface area contributed by atoms with Gasteiger partial charge in [0.15, 0.2) is 11.6 Å². The highest BCUT2D eigenvalue weighted by Crippen LogP contribution is 2.67. The minimum absolute atomic E-state index is 0.0501. The average Bonchev–Trinajstić information content (AvgIpc) is 2.84. The Balaban J connectivity index is 1.74. The zero-order chi connectivity index (χ0) is 18.9. The molecule has 142 valence electrons. The van der Waals surface area contributed by atoms with Crippen LogP contribution in [0.25, 0.3) is 0 Å². The van der Waals surface area contributed by atoms with Crippen LogP contribution in [-0.2, 0) is 9.59 Å². The highest BCUT2D eigenvalue weighted by atomic mass is 16.3. The summed E-state index contributed by atoms with van der Waals surface area (Å²) in [6.45, 7) is 6.04. The lowest BCUT2D eigenvalue weighted by Crippen LogP contribution is -2.56. The summed E-state index contributed by atoms with van der Waals surface area (Å²) in [7, 11) is 0. The van der Waals surface area contributed by atoms with Crippen LogP contribution < -0.4 is 0 Å². The van der Waals surface area contributed by atoms with Crippen molar-refractivity contribution in [1.29, 1.82) is 0 Å². The maximum atomic E-state index is 12.5. The van der Waals surface area contributed by atoms with Gasteiger partial charge in [0.1, 0.15) is 6.61 Å². The summed E-state index contributed by atoms with van der Waals surface area (Å²) >= 11 is 0. The molecule has 3 saturated carbocycles. The zero-order valence-corrected chi connectivity index (χ0v) is 15.9. The fourth-order valence-electron chi connectivity index (χ4n) is 7.48. The largest absolute Gasteiger partial charge is 0.393 e. The van der Waals surface area contributed by atoms with Crippen LogP contribution in [0.2, 0.25) is 0 Å². The molecule has 4 aliphatic carbocycles. The fraction of sp³-hybridized carbons (Fsp3) is 0.727. The summed E-state index contributed by atoms with van der Waals surface area (Å²) in [5.74, 6) is 0.886. The van der Waals surface area contributed by atoms with Crippen molar-refractivity contribution in [3.63, 3.8) is 0 Å². The number of hydrogen-bond acceptors (Lipinski definition) is 4. The molecule has 4 aliphatic rings. The van der Waals surface area contributed by atoms with Crippen molar-refractivity contribution in [2.24, 2.45) is 40.4 Å². The molecule has 3 unspecified atom stereocenters. The molecule has 26 heavy (non-hydrogen) atoms. The van der Waals surface area contributed by atoms with Gasteiger partial charge in [-0.25, -0.2) is 0 Å². The van der Waals surface area contributed by atoms with Gasteiger partial charge in [0.25, 0.3) is 0 Å². The number of Topliss-reactive ketones (excluding diaryl/α,β-unsaturated/α-hetero) is 1. The summed E-state index contributed by atoms with van der Waals surface area (Å²) in [6, 6.07) is 0. The number of ketones is 2. The van der Waals surface area contributed by atoms with Crippen molar-refractivity contribution in [3.05, 3.63) is 23.8 Å². The molecular formula is C22H30O4. The average molecular weight is 358 g/mol. The standard InChI is InChI=1S/C22H30O4/c1-12-8-16-15-5-4-13-9-14(24)6-7-21(13,2)20(15)17(25)10-22(16,3)19(12)18(26)11-23/h6-7,9,12,15-17,19-20,23,25H,4-5,8,10-11H2,1-3H3/t12-,15-,16?,17-,19?,20?,21-,22-/m0/s1. The molecule has 0 spiro atoms. The van der Waals surface area contributed by atoms with Gasteiger partial charge >= 0.3 is 0 Å². The third kappa shape index (κ3) is 2.27. The van der Waals surface area contributed by atoms with E-state index in [4.69, 9.17) is 0 Å². The second-order valence-corrected chi connectivity index (χ2v) is 9.62. The topological polar surface area (TPSA) is 74.6 Å². The summed E-state index contributed by atoms with van der Waals surface area (Å²) < 4.78 is 0. The SMILES string of the molecule is C[C@H]1CC2[C@@H]3CCC4=CC(=O)C=C[C@]4(C)C3[C@@H](O)C[C@]2(C)C1C(=O)CO. The highest BCUT2D eigenvalue weighted by molar-refractivity contribution is 6.01. The molecule has 0 bridgehead atoms. The third-order valence-electron chi connectivity index (χ3n) is 8.34. The number of fused-ring (bicyclic) bond motifs is 5. The maximum absolute atomic E-state index is 12.5. The van der Waals surface area contributed by atoms with E-state index >= 15 is 0 Å². The molecule has 3 fully saturated rings. The van der Waals surface area contributed by atoms with E-state index < -0.39 is 12.7 Å². The minimum atomic E-state index is -0.493. The Morgan fingerprint density at radius 2 is 2.08 bits per heavy atom. The van der Waals surface area contributed by atoms with Crippen LogP contribution in [0.1, 0.15) is 46.5 Å². The number of carbonyl (C=O) groups excluding carboxylic acids is 2. The second kappa shape index (κ2) is 5.87. The first-order valence-corrected chi connectivity index (χ1v) is 9.98. The Bertz CT molecular complexity index is 707. The van der Waals surface area contributed by atoms with Gasteiger partial charge in [0, 0.05) is 17.3 Å². The molecular weight excluding hydrogens is 328 g/mol. The minimum Gasteiger partial charge on any atom is -0.393 e. The van der Waals surface area contributed by atoms with Crippen molar-refractivity contribution in [2.45, 2.75) is 52.6 Å². The Morgan fingerprint density at radius 1 is 1.35 bits per heavy atom. The van der Waals surface area contributed by atoms with E-state index in [-0.39, 0.29) is 40.2 Å². The van der Waals surface area contributed by atoms with E-state index in [2.05, 4.69) is 20.8 Å². The summed E-state index contributed by atoms with van der Waals surface area (Å²) in [6.07, 6.45) is 8.39. The number of allylic oxidation sites excluding steroid dienone is 4. The first kappa shape index (κ1) is 18.1. The molecule has 4 rings (SSSR count). The summed E-state index contributed by atoms with van der Waals surface area (Å²) in [5, 5.41) is 20.7. The van der Waals surface area contributed by atoms with Gasteiger partial charge in [0.2, 0.25) is 0 Å². The second-order valence-electron chi connectivity index (χ2n) is 9.62. The smallest absolute Gasteiger partial charge is 0.178 e. The van der Waals surface area contributed by atoms with Crippen molar-refractivity contribution in [2.75, 3.05) is 6.61 Å². The van der Waals surface area contributed by atoms with E-state index in [1.165, 1.54) is 0 Å². The van der Waals surface area contributed by atoms with Crippen molar-refractivity contribution >= 4 is 11.6 Å². The Morgan fingerprint density at radius 3 is 2.77 bits per heavy atom. The molecule has 4 heteroatoms. The van der Waals surface area contributed by atoms with Crippen LogP contribution in [-0.4, -0.2) is 34.5 Å². The molecule has 0 aromatic heterocycles. The van der Waals surface area contributed by atoms with Gasteiger partial charge in [-0.1, -0.05) is 32.4 Å². The Hall–Kier alpha value is -1.26. The third-order valence-corrected chi connectivity index (χ3v) is 8.34. The predicted octanol–water partition coefficient (Wildman–Crippen LogP) is 2.69. The van der Waals surface area contributed by atoms with E-state index in [9.17, 15) is 19.8 Å². The van der Waals surface area contributed by atoms with Crippen LogP contribution in [0.4, 0.5) is 0 Å². The normalized spacial score (nSPS) is 49.9. The number of rotatable bonds is 2. The fourth-order valence-corrected chi connectivity index (χ4v) is 7.48. The Kier molecular flexibility index (Phi) is 4.09. The van der Waals surface area contributed by atoms with E-state index in [1.54, 1.807) is 12.2 Å². The first-order chi connectivity index (χ1) is 12.2. The van der Waals surface area contributed by atoms with Gasteiger partial charge < -0.3 is 10.2 Å². The number of aliphatic hydroxyl groups is 2. The molecule has 4 nitrogen and oxygen atoms in total. The zero-order valence-electron chi connectivity index (χ0n) is 15.9. The van der Waals surface area contributed by atoms with Crippen molar-refractivity contribution < 1.29 is 19.8 Å². The number of aliphatic hydroxyl groups excluding tert-OH is 2. The lowest BCUT2D eigenvalue weighted by Gasteiger charge is -2.58. The van der Waals surface area contributed by atoms with Gasteiger partial charge in [-0.2, -0.15) is 0 Å². The number of carbonyl (C=O) groups is 2. The maximum Gasteiger partial charge on any atom is 0.178 e. The molecule has 0 radical (unpaired) electrons. The molecule has 0 aromatic carbocycles. The highest BCUT2D eigenvalue weighted by Gasteiger charge is 2.64. The van der Waals surface area contributed by atoms with Crippen LogP contribution in [0.5, 0.6) is 0 Å². The van der Waals surface area contributed by atoms with Crippen LogP contribution in [0.15, 0.2) is 23.8 Å². The van der Waals surface area contributed by atoms with Crippen molar-refractivity contribution in [1.82, 2.24) is 0 Å². The van der Waals surface area contributed by atoms with Gasteiger partial charge in [-0.15, -0.1) is 0 Å². The van der Waals surface area contributed by atoms with Crippen LogP contribution in [0.3, 0.4) is 0 Å². The van der Waals surface area contributed by atoms with Crippen molar-refractivity contribution in [3.8, 4) is 0 Å². The van der Waals surface area contributed by atoms with Gasteiger partial charge in [0.05, 0.1) is 6.10 Å².